The molecule has 0 aliphatic heterocycles. The Morgan fingerprint density at radius 2 is 1.95 bits per heavy atom. The monoisotopic (exact) mass is 290 g/mol. The van der Waals surface area contributed by atoms with Crippen molar-refractivity contribution in [3.05, 3.63) is 49.1 Å². The van der Waals surface area contributed by atoms with Gasteiger partial charge in [-0.2, -0.15) is 0 Å². The van der Waals surface area contributed by atoms with Crippen molar-refractivity contribution in [3.63, 3.8) is 0 Å². The van der Waals surface area contributed by atoms with E-state index in [1.807, 2.05) is 42.2 Å². The van der Waals surface area contributed by atoms with Crippen LogP contribution < -0.4 is 4.74 Å². The molecule has 22 heavy (non-hydrogen) atoms. The number of hydrogen-bond acceptors (Lipinski definition) is 4. The third-order valence-electron chi connectivity index (χ3n) is 3.89. The van der Waals surface area contributed by atoms with Crippen LogP contribution in [0.5, 0.6) is 5.75 Å². The summed E-state index contributed by atoms with van der Waals surface area (Å²) >= 11 is 0. The summed E-state index contributed by atoms with van der Waals surface area (Å²) < 4.78 is 7.34. The van der Waals surface area contributed by atoms with Crippen molar-refractivity contribution >= 4 is 21.9 Å². The van der Waals surface area contributed by atoms with Crippen molar-refractivity contribution in [2.75, 3.05) is 7.11 Å². The largest absolute Gasteiger partial charge is 0.495 e. The van der Waals surface area contributed by atoms with E-state index in [4.69, 9.17) is 4.74 Å². The molecule has 0 N–H and O–H groups in total. The Bertz CT molecular complexity index is 976. The fourth-order valence-corrected chi connectivity index (χ4v) is 2.73. The lowest BCUT2D eigenvalue weighted by Gasteiger charge is -2.01. The van der Waals surface area contributed by atoms with Gasteiger partial charge in [-0.05, 0) is 24.3 Å². The van der Waals surface area contributed by atoms with E-state index in [-0.39, 0.29) is 0 Å². The van der Waals surface area contributed by atoms with Gasteiger partial charge in [0.15, 0.2) is 0 Å². The summed E-state index contributed by atoms with van der Waals surface area (Å²) in [7, 11) is 3.65. The zero-order chi connectivity index (χ0) is 15.1. The van der Waals surface area contributed by atoms with Crippen LogP contribution >= 0.6 is 0 Å². The first-order valence-electron chi connectivity index (χ1n) is 6.96. The second kappa shape index (κ2) is 4.80. The van der Waals surface area contributed by atoms with Gasteiger partial charge in [-0.1, -0.05) is 0 Å². The van der Waals surface area contributed by atoms with Gasteiger partial charge in [-0.25, -0.2) is 4.98 Å². The maximum Gasteiger partial charge on any atom is 0.141 e. The van der Waals surface area contributed by atoms with Gasteiger partial charge in [0.25, 0.3) is 0 Å². The number of aryl methyl sites for hydroxylation is 1. The SMILES string of the molecule is COc1cnc2c(c1)c1cc(-c3cccnc3)ncc1n2C. The van der Waals surface area contributed by atoms with Crippen LogP contribution in [-0.4, -0.2) is 26.6 Å². The molecule has 0 saturated heterocycles. The van der Waals surface area contributed by atoms with Gasteiger partial charge in [0, 0.05) is 35.8 Å². The minimum Gasteiger partial charge on any atom is -0.495 e. The molecule has 108 valence electrons. The van der Waals surface area contributed by atoms with Gasteiger partial charge in [-0.15, -0.1) is 0 Å². The third-order valence-corrected chi connectivity index (χ3v) is 3.89. The molecule has 0 fully saturated rings. The van der Waals surface area contributed by atoms with Crippen molar-refractivity contribution in [3.8, 4) is 17.0 Å². The predicted octanol–water partition coefficient (Wildman–Crippen LogP) is 3.19. The Balaban J connectivity index is 2.04. The maximum atomic E-state index is 5.30. The number of fused-ring (bicyclic) bond motifs is 3. The highest BCUT2D eigenvalue weighted by atomic mass is 16.5. The van der Waals surface area contributed by atoms with E-state index in [0.29, 0.717) is 0 Å². The van der Waals surface area contributed by atoms with Crippen LogP contribution in [0.1, 0.15) is 0 Å². The van der Waals surface area contributed by atoms with Crippen LogP contribution in [0.2, 0.25) is 0 Å². The predicted molar refractivity (Wildman–Crippen MR) is 85.8 cm³/mol. The molecular formula is C17H14N4O. The van der Waals surface area contributed by atoms with E-state index >= 15 is 0 Å². The molecule has 0 radical (unpaired) electrons. The summed E-state index contributed by atoms with van der Waals surface area (Å²) in [6, 6.07) is 8.01. The molecule has 0 amide bonds. The Morgan fingerprint density at radius 1 is 1.05 bits per heavy atom. The molecule has 0 unspecified atom stereocenters. The zero-order valence-electron chi connectivity index (χ0n) is 12.3. The quantitative estimate of drug-likeness (QED) is 0.569. The first-order valence-corrected chi connectivity index (χ1v) is 6.96. The number of ether oxygens (including phenoxy) is 1. The normalized spacial score (nSPS) is 11.2. The van der Waals surface area contributed by atoms with E-state index in [9.17, 15) is 0 Å². The van der Waals surface area contributed by atoms with Gasteiger partial charge in [-0.3, -0.25) is 9.97 Å². The van der Waals surface area contributed by atoms with Gasteiger partial charge in [0.2, 0.25) is 0 Å². The number of hydrogen-bond donors (Lipinski definition) is 0. The van der Waals surface area contributed by atoms with E-state index in [2.05, 4.69) is 21.0 Å². The highest BCUT2D eigenvalue weighted by molar-refractivity contribution is 6.07. The molecule has 0 atom stereocenters. The summed E-state index contributed by atoms with van der Waals surface area (Å²) in [5.74, 6) is 0.750. The van der Waals surface area contributed by atoms with Crippen molar-refractivity contribution in [1.29, 1.82) is 0 Å². The fraction of sp³-hybridized carbons (Fsp3) is 0.118. The number of nitrogens with zero attached hydrogens (tertiary/aromatic N) is 4. The van der Waals surface area contributed by atoms with E-state index in [1.54, 1.807) is 19.5 Å². The van der Waals surface area contributed by atoms with Crippen molar-refractivity contribution in [1.82, 2.24) is 19.5 Å². The van der Waals surface area contributed by atoms with Crippen LogP contribution in [-0.2, 0) is 7.05 Å². The maximum absolute atomic E-state index is 5.30. The molecule has 0 aliphatic carbocycles. The molecule has 4 aromatic rings. The Hall–Kier alpha value is -2.95. The number of methoxy groups -OCH3 is 1. The highest BCUT2D eigenvalue weighted by Crippen LogP contribution is 2.31. The van der Waals surface area contributed by atoms with Gasteiger partial charge in [0.05, 0.1) is 30.7 Å². The van der Waals surface area contributed by atoms with Gasteiger partial charge < -0.3 is 9.30 Å². The molecule has 0 bridgehead atoms. The molecule has 4 rings (SSSR count). The van der Waals surface area contributed by atoms with Gasteiger partial charge >= 0.3 is 0 Å². The Kier molecular flexibility index (Phi) is 2.79. The van der Waals surface area contributed by atoms with Crippen LogP contribution in [0.4, 0.5) is 0 Å². The summed E-state index contributed by atoms with van der Waals surface area (Å²) in [6.07, 6.45) is 7.19. The lowest BCUT2D eigenvalue weighted by Crippen LogP contribution is -1.91. The number of pyridine rings is 3. The number of aromatic nitrogens is 4. The minimum atomic E-state index is 0.750. The van der Waals surface area contributed by atoms with Crippen LogP contribution in [0.25, 0.3) is 33.2 Å². The summed E-state index contributed by atoms with van der Waals surface area (Å²) in [5, 5.41) is 2.17. The average Bonchev–Trinajstić information content (AvgIpc) is 2.87. The molecule has 5 nitrogen and oxygen atoms in total. The molecule has 0 saturated carbocycles. The third kappa shape index (κ3) is 1.83. The first kappa shape index (κ1) is 12.8. The van der Waals surface area contributed by atoms with Gasteiger partial charge in [0.1, 0.15) is 11.4 Å². The molecule has 0 spiro atoms. The van der Waals surface area contributed by atoms with E-state index in [0.717, 1.165) is 38.9 Å². The van der Waals surface area contributed by atoms with Crippen LogP contribution in [0.3, 0.4) is 0 Å². The fourth-order valence-electron chi connectivity index (χ4n) is 2.73. The van der Waals surface area contributed by atoms with E-state index in [1.165, 1.54) is 0 Å². The number of rotatable bonds is 2. The summed E-state index contributed by atoms with van der Waals surface area (Å²) in [5.41, 5.74) is 3.86. The Labute approximate surface area is 127 Å². The molecule has 5 heteroatoms. The smallest absolute Gasteiger partial charge is 0.141 e. The zero-order valence-corrected chi connectivity index (χ0v) is 12.3. The van der Waals surface area contributed by atoms with E-state index < -0.39 is 0 Å². The summed E-state index contributed by atoms with van der Waals surface area (Å²) in [4.78, 5) is 13.2. The molecule has 0 aliphatic rings. The van der Waals surface area contributed by atoms with Crippen LogP contribution in [0, 0.1) is 0 Å². The first-order chi connectivity index (χ1) is 10.8. The lowest BCUT2D eigenvalue weighted by molar-refractivity contribution is 0.413. The van der Waals surface area contributed by atoms with Crippen LogP contribution in [0.15, 0.2) is 49.1 Å². The van der Waals surface area contributed by atoms with Crippen molar-refractivity contribution in [2.45, 2.75) is 0 Å². The molecule has 0 aromatic carbocycles. The minimum absolute atomic E-state index is 0.750. The average molecular weight is 290 g/mol. The molecular weight excluding hydrogens is 276 g/mol. The van der Waals surface area contributed by atoms with Crippen molar-refractivity contribution in [2.24, 2.45) is 7.05 Å². The second-order valence-corrected chi connectivity index (χ2v) is 5.13. The molecule has 4 heterocycles. The lowest BCUT2D eigenvalue weighted by atomic mass is 10.1. The second-order valence-electron chi connectivity index (χ2n) is 5.13. The topological polar surface area (TPSA) is 52.8 Å². The van der Waals surface area contributed by atoms with Crippen molar-refractivity contribution < 1.29 is 4.74 Å². The summed E-state index contributed by atoms with van der Waals surface area (Å²) in [6.45, 7) is 0. The Morgan fingerprint density at radius 3 is 2.73 bits per heavy atom. The molecule has 4 aromatic heterocycles. The standard InChI is InChI=1S/C17H14N4O/c1-21-16-10-19-15(11-4-3-5-18-8-11)7-13(16)14-6-12(22-2)9-20-17(14)21/h3-10H,1-2H3. The highest BCUT2D eigenvalue weighted by Gasteiger charge is 2.12.